The fraction of sp³-hybridized carbons (Fsp3) is 0.800. The lowest BCUT2D eigenvalue weighted by Gasteiger charge is -2.25. The van der Waals surface area contributed by atoms with E-state index in [4.69, 9.17) is 0 Å². The molecule has 0 heterocycles. The van der Waals surface area contributed by atoms with Crippen molar-refractivity contribution in [2.45, 2.75) is 66.2 Å². The second-order valence-electron chi connectivity index (χ2n) is 5.54. The highest BCUT2D eigenvalue weighted by Crippen LogP contribution is 2.29. The molecule has 0 atom stereocenters. The summed E-state index contributed by atoms with van der Waals surface area (Å²) in [6, 6.07) is 0. The molecule has 0 aliphatic rings. The van der Waals surface area contributed by atoms with E-state index in [0.717, 1.165) is 19.4 Å². The second kappa shape index (κ2) is 8.32. The third kappa shape index (κ3) is 7.19. The van der Waals surface area contributed by atoms with Gasteiger partial charge in [-0.3, -0.25) is 4.79 Å². The number of unbranched alkanes of at least 4 members (excludes halogenated alkanes) is 1. The first kappa shape index (κ1) is 16.2. The Hall–Kier alpha value is -0.790. The molecule has 0 saturated carbocycles. The van der Waals surface area contributed by atoms with Gasteiger partial charge in [0.05, 0.1) is 0 Å². The zero-order valence-corrected chi connectivity index (χ0v) is 12.1. The lowest BCUT2D eigenvalue weighted by Crippen LogP contribution is -2.27. The fourth-order valence-electron chi connectivity index (χ4n) is 1.93. The van der Waals surface area contributed by atoms with Gasteiger partial charge >= 0.3 is 0 Å². The van der Waals surface area contributed by atoms with Crippen molar-refractivity contribution in [3.8, 4) is 0 Å². The van der Waals surface area contributed by atoms with Crippen LogP contribution in [0, 0.1) is 5.41 Å². The molecule has 100 valence electrons. The van der Waals surface area contributed by atoms with Gasteiger partial charge in [-0.05, 0) is 30.9 Å². The molecule has 0 saturated heterocycles. The zero-order chi connectivity index (χ0) is 13.3. The molecular weight excluding hydrogens is 210 g/mol. The minimum atomic E-state index is 0.214. The van der Waals surface area contributed by atoms with Crippen LogP contribution in [0.5, 0.6) is 0 Å². The van der Waals surface area contributed by atoms with Crippen molar-refractivity contribution < 1.29 is 4.79 Å². The van der Waals surface area contributed by atoms with E-state index < -0.39 is 0 Å². The van der Waals surface area contributed by atoms with Crippen LogP contribution in [0.2, 0.25) is 0 Å². The van der Waals surface area contributed by atoms with Gasteiger partial charge in [-0.2, -0.15) is 0 Å². The number of rotatable bonds is 9. The zero-order valence-electron chi connectivity index (χ0n) is 12.1. The molecule has 0 unspecified atom stereocenters. The molecule has 0 radical (unpaired) electrons. The van der Waals surface area contributed by atoms with E-state index in [1.54, 1.807) is 11.1 Å². The van der Waals surface area contributed by atoms with Crippen LogP contribution in [0.25, 0.3) is 0 Å². The Kier molecular flexibility index (Phi) is 7.94. The molecule has 0 aromatic heterocycles. The minimum Gasteiger partial charge on any atom is -0.320 e. The molecule has 0 fully saturated rings. The van der Waals surface area contributed by atoms with Gasteiger partial charge < -0.3 is 4.90 Å². The summed E-state index contributed by atoms with van der Waals surface area (Å²) in [4.78, 5) is 13.7. The molecule has 0 rings (SSSR count). The number of hydrogen-bond acceptors (Lipinski definition) is 1. The quantitative estimate of drug-likeness (QED) is 0.585. The van der Waals surface area contributed by atoms with Crippen molar-refractivity contribution in [3.05, 3.63) is 12.8 Å². The first-order valence-corrected chi connectivity index (χ1v) is 6.89. The van der Waals surface area contributed by atoms with Crippen LogP contribution in [0.15, 0.2) is 12.8 Å². The van der Waals surface area contributed by atoms with Gasteiger partial charge in [0.15, 0.2) is 0 Å². The Bertz CT molecular complexity index is 233. The van der Waals surface area contributed by atoms with Crippen LogP contribution in [0.4, 0.5) is 0 Å². The Balaban J connectivity index is 4.07. The SMILES string of the molecule is C=CN(CCC)C(=O)CCC(C)(C)CCCC. The van der Waals surface area contributed by atoms with Crippen LogP contribution in [-0.2, 0) is 4.79 Å². The van der Waals surface area contributed by atoms with E-state index in [2.05, 4.69) is 34.3 Å². The lowest BCUT2D eigenvalue weighted by molar-refractivity contribution is -0.129. The van der Waals surface area contributed by atoms with Crippen LogP contribution in [-0.4, -0.2) is 17.4 Å². The van der Waals surface area contributed by atoms with E-state index >= 15 is 0 Å². The predicted octanol–water partition coefficient (Wildman–Crippen LogP) is 4.37. The number of amides is 1. The fourth-order valence-corrected chi connectivity index (χ4v) is 1.93. The molecule has 0 N–H and O–H groups in total. The molecule has 1 amide bonds. The Morgan fingerprint density at radius 1 is 1.24 bits per heavy atom. The summed E-state index contributed by atoms with van der Waals surface area (Å²) in [6.45, 7) is 13.3. The van der Waals surface area contributed by atoms with Gasteiger partial charge in [0.25, 0.3) is 0 Å². The third-order valence-electron chi connectivity index (χ3n) is 3.23. The summed E-state index contributed by atoms with van der Waals surface area (Å²) in [5.74, 6) is 0.214. The summed E-state index contributed by atoms with van der Waals surface area (Å²) in [7, 11) is 0. The Morgan fingerprint density at radius 3 is 2.35 bits per heavy atom. The van der Waals surface area contributed by atoms with Crippen molar-refractivity contribution in [3.63, 3.8) is 0 Å². The first-order chi connectivity index (χ1) is 7.96. The van der Waals surface area contributed by atoms with Gasteiger partial charge in [-0.15, -0.1) is 0 Å². The van der Waals surface area contributed by atoms with Crippen molar-refractivity contribution in [1.82, 2.24) is 4.90 Å². The highest BCUT2D eigenvalue weighted by molar-refractivity contribution is 5.77. The second-order valence-corrected chi connectivity index (χ2v) is 5.54. The molecule has 0 aliphatic carbocycles. The van der Waals surface area contributed by atoms with Gasteiger partial charge in [0.2, 0.25) is 5.91 Å². The molecule has 0 aromatic carbocycles. The van der Waals surface area contributed by atoms with E-state index in [9.17, 15) is 4.79 Å². The average Bonchev–Trinajstić information content (AvgIpc) is 2.30. The molecule has 0 aliphatic heterocycles. The van der Waals surface area contributed by atoms with Gasteiger partial charge in [-0.25, -0.2) is 0 Å². The summed E-state index contributed by atoms with van der Waals surface area (Å²) in [5.41, 5.74) is 0.282. The largest absolute Gasteiger partial charge is 0.320 e. The van der Waals surface area contributed by atoms with Crippen molar-refractivity contribution >= 4 is 5.91 Å². The minimum absolute atomic E-state index is 0.214. The van der Waals surface area contributed by atoms with Crippen LogP contribution in [0.3, 0.4) is 0 Å². The van der Waals surface area contributed by atoms with E-state index in [1.807, 2.05) is 0 Å². The van der Waals surface area contributed by atoms with E-state index in [0.29, 0.717) is 6.42 Å². The Morgan fingerprint density at radius 2 is 1.88 bits per heavy atom. The maximum atomic E-state index is 11.9. The number of hydrogen-bond donors (Lipinski definition) is 0. The van der Waals surface area contributed by atoms with Crippen LogP contribution >= 0.6 is 0 Å². The highest BCUT2D eigenvalue weighted by Gasteiger charge is 2.20. The smallest absolute Gasteiger partial charge is 0.226 e. The van der Waals surface area contributed by atoms with E-state index in [-0.39, 0.29) is 11.3 Å². The summed E-state index contributed by atoms with van der Waals surface area (Å²) < 4.78 is 0. The number of carbonyl (C=O) groups is 1. The molecule has 0 spiro atoms. The van der Waals surface area contributed by atoms with Crippen LogP contribution < -0.4 is 0 Å². The monoisotopic (exact) mass is 239 g/mol. The number of carbonyl (C=O) groups excluding carboxylic acids is 1. The summed E-state index contributed by atoms with van der Waals surface area (Å²) in [5, 5.41) is 0. The van der Waals surface area contributed by atoms with Crippen molar-refractivity contribution in [1.29, 1.82) is 0 Å². The van der Waals surface area contributed by atoms with E-state index in [1.165, 1.54) is 19.3 Å². The first-order valence-electron chi connectivity index (χ1n) is 6.89. The molecule has 2 heteroatoms. The lowest BCUT2D eigenvalue weighted by atomic mass is 9.82. The van der Waals surface area contributed by atoms with Gasteiger partial charge in [0.1, 0.15) is 0 Å². The average molecular weight is 239 g/mol. The molecular formula is C15H29NO. The third-order valence-corrected chi connectivity index (χ3v) is 3.23. The normalized spacial score (nSPS) is 11.3. The van der Waals surface area contributed by atoms with Crippen molar-refractivity contribution in [2.24, 2.45) is 5.41 Å². The molecule has 0 bridgehead atoms. The van der Waals surface area contributed by atoms with Gasteiger partial charge in [0, 0.05) is 13.0 Å². The maximum absolute atomic E-state index is 11.9. The molecule has 0 aromatic rings. The topological polar surface area (TPSA) is 20.3 Å². The number of nitrogens with zero attached hydrogens (tertiary/aromatic N) is 1. The maximum Gasteiger partial charge on any atom is 0.226 e. The Labute approximate surface area is 107 Å². The summed E-state index contributed by atoms with van der Waals surface area (Å²) in [6.07, 6.45) is 7.94. The molecule has 17 heavy (non-hydrogen) atoms. The molecule has 2 nitrogen and oxygen atoms in total. The predicted molar refractivity (Wildman–Crippen MR) is 74.7 cm³/mol. The van der Waals surface area contributed by atoms with Gasteiger partial charge in [-0.1, -0.05) is 47.1 Å². The highest BCUT2D eigenvalue weighted by atomic mass is 16.2. The van der Waals surface area contributed by atoms with Crippen LogP contribution in [0.1, 0.15) is 66.2 Å². The van der Waals surface area contributed by atoms with Crippen molar-refractivity contribution in [2.75, 3.05) is 6.54 Å². The summed E-state index contributed by atoms with van der Waals surface area (Å²) >= 11 is 0. The standard InChI is InChI=1S/C15H29NO/c1-6-9-11-15(4,5)12-10-14(17)16(8-3)13-7-2/h8H,3,6-7,9-13H2,1-2,4-5H3.